The highest BCUT2D eigenvalue weighted by Crippen LogP contribution is 2.25. The van der Waals surface area contributed by atoms with E-state index in [-0.39, 0.29) is 5.91 Å². The maximum Gasteiger partial charge on any atom is 0.230 e. The minimum absolute atomic E-state index is 0.00720. The lowest BCUT2D eigenvalue weighted by Crippen LogP contribution is -2.25. The van der Waals surface area contributed by atoms with Crippen molar-refractivity contribution in [3.63, 3.8) is 0 Å². The summed E-state index contributed by atoms with van der Waals surface area (Å²) in [5, 5.41) is 12.2. The van der Waals surface area contributed by atoms with Crippen LogP contribution in [0.15, 0.2) is 28.0 Å². The summed E-state index contributed by atoms with van der Waals surface area (Å²) in [6, 6.07) is 3.81. The molecule has 3 heterocycles. The summed E-state index contributed by atoms with van der Waals surface area (Å²) in [5.74, 6) is 2.06. The zero-order chi connectivity index (χ0) is 16.1. The second-order valence-corrected chi connectivity index (χ2v) is 6.33. The number of rotatable bonds is 7. The molecule has 3 rings (SSSR count). The molecule has 1 amide bonds. The van der Waals surface area contributed by atoms with Crippen LogP contribution in [0.3, 0.4) is 0 Å². The number of hydrogen-bond donors (Lipinski definition) is 1. The molecule has 0 spiro atoms. The van der Waals surface area contributed by atoms with E-state index in [0.717, 1.165) is 30.0 Å². The van der Waals surface area contributed by atoms with Crippen LogP contribution in [-0.4, -0.2) is 46.1 Å². The Kier molecular flexibility index (Phi) is 5.22. The molecule has 0 saturated carbocycles. The predicted octanol–water partition coefficient (Wildman–Crippen LogP) is 1.75. The van der Waals surface area contributed by atoms with Gasteiger partial charge in [0.1, 0.15) is 5.76 Å². The van der Waals surface area contributed by atoms with Gasteiger partial charge in [0, 0.05) is 19.6 Å². The van der Waals surface area contributed by atoms with Gasteiger partial charge in [-0.05, 0) is 31.9 Å². The second-order valence-electron chi connectivity index (χ2n) is 5.38. The monoisotopic (exact) mass is 335 g/mol. The van der Waals surface area contributed by atoms with Crippen LogP contribution in [-0.2, 0) is 11.3 Å². The van der Waals surface area contributed by atoms with Crippen molar-refractivity contribution in [2.24, 2.45) is 0 Å². The third-order valence-corrected chi connectivity index (χ3v) is 4.65. The normalized spacial score (nSPS) is 14.4. The number of aromatic nitrogens is 3. The molecule has 124 valence electrons. The van der Waals surface area contributed by atoms with Gasteiger partial charge in [0.2, 0.25) is 11.9 Å². The molecule has 1 N–H and O–H groups in total. The van der Waals surface area contributed by atoms with E-state index in [1.807, 2.05) is 23.6 Å². The Morgan fingerprint density at radius 1 is 1.39 bits per heavy atom. The molecule has 0 radical (unpaired) electrons. The second kappa shape index (κ2) is 7.54. The van der Waals surface area contributed by atoms with E-state index in [1.165, 1.54) is 24.6 Å². The highest BCUT2D eigenvalue weighted by Gasteiger charge is 2.22. The summed E-state index contributed by atoms with van der Waals surface area (Å²) in [7, 11) is 0. The number of carbonyl (C=O) groups is 1. The molecular formula is C15H21N5O2S. The average Bonchev–Trinajstić information content (AvgIpc) is 3.28. The minimum atomic E-state index is 0.00720. The SMILES string of the molecule is CCNC(=O)CSc1nnc(N2CCCC2)n1Cc1ccco1. The lowest BCUT2D eigenvalue weighted by atomic mass is 10.4. The number of hydrogen-bond acceptors (Lipinski definition) is 6. The largest absolute Gasteiger partial charge is 0.467 e. The summed E-state index contributed by atoms with van der Waals surface area (Å²) in [4.78, 5) is 13.9. The first-order chi connectivity index (χ1) is 11.3. The summed E-state index contributed by atoms with van der Waals surface area (Å²) in [6.07, 6.45) is 4.01. The van der Waals surface area contributed by atoms with Gasteiger partial charge in [0.05, 0.1) is 18.6 Å². The van der Waals surface area contributed by atoms with E-state index in [4.69, 9.17) is 4.42 Å². The Bertz CT molecular complexity index is 634. The minimum Gasteiger partial charge on any atom is -0.467 e. The summed E-state index contributed by atoms with van der Waals surface area (Å²) >= 11 is 1.41. The summed E-state index contributed by atoms with van der Waals surface area (Å²) in [6.45, 7) is 5.11. The molecule has 1 fully saturated rings. The maximum atomic E-state index is 11.7. The molecule has 23 heavy (non-hydrogen) atoms. The third-order valence-electron chi connectivity index (χ3n) is 3.69. The first-order valence-electron chi connectivity index (χ1n) is 7.88. The van der Waals surface area contributed by atoms with Crippen molar-refractivity contribution in [2.45, 2.75) is 31.5 Å². The van der Waals surface area contributed by atoms with Gasteiger partial charge in [-0.1, -0.05) is 11.8 Å². The van der Waals surface area contributed by atoms with E-state index in [0.29, 0.717) is 18.8 Å². The van der Waals surface area contributed by atoms with Crippen LogP contribution in [0.1, 0.15) is 25.5 Å². The topological polar surface area (TPSA) is 76.2 Å². The zero-order valence-electron chi connectivity index (χ0n) is 13.2. The number of amides is 1. The number of anilines is 1. The van der Waals surface area contributed by atoms with Crippen LogP contribution in [0.2, 0.25) is 0 Å². The molecule has 1 aliphatic heterocycles. The smallest absolute Gasteiger partial charge is 0.230 e. The number of carbonyl (C=O) groups excluding carboxylic acids is 1. The van der Waals surface area contributed by atoms with Crippen molar-refractivity contribution in [3.05, 3.63) is 24.2 Å². The Balaban J connectivity index is 1.78. The Morgan fingerprint density at radius 2 is 2.22 bits per heavy atom. The van der Waals surface area contributed by atoms with Crippen molar-refractivity contribution < 1.29 is 9.21 Å². The Labute approximate surface area is 139 Å². The fourth-order valence-electron chi connectivity index (χ4n) is 2.61. The average molecular weight is 335 g/mol. The standard InChI is InChI=1S/C15H21N5O2S/c1-2-16-13(21)11-23-15-18-17-14(19-7-3-4-8-19)20(15)10-12-6-5-9-22-12/h5-6,9H,2-4,7-8,10-11H2,1H3,(H,16,21). The zero-order valence-corrected chi connectivity index (χ0v) is 14.0. The maximum absolute atomic E-state index is 11.7. The quantitative estimate of drug-likeness (QED) is 0.777. The van der Waals surface area contributed by atoms with Gasteiger partial charge in [0.25, 0.3) is 0 Å². The first-order valence-corrected chi connectivity index (χ1v) is 8.86. The molecule has 1 aliphatic rings. The van der Waals surface area contributed by atoms with Gasteiger partial charge in [0.15, 0.2) is 5.16 Å². The van der Waals surface area contributed by atoms with Crippen molar-refractivity contribution in [3.8, 4) is 0 Å². The van der Waals surface area contributed by atoms with Gasteiger partial charge in [-0.15, -0.1) is 10.2 Å². The Morgan fingerprint density at radius 3 is 2.91 bits per heavy atom. The lowest BCUT2D eigenvalue weighted by molar-refractivity contribution is -0.118. The molecule has 0 unspecified atom stereocenters. The molecule has 8 heteroatoms. The Hall–Kier alpha value is -1.96. The van der Waals surface area contributed by atoms with Crippen molar-refractivity contribution in [1.29, 1.82) is 0 Å². The van der Waals surface area contributed by atoms with Gasteiger partial charge in [-0.2, -0.15) is 0 Å². The third kappa shape index (κ3) is 3.87. The van der Waals surface area contributed by atoms with E-state index >= 15 is 0 Å². The van der Waals surface area contributed by atoms with E-state index in [1.54, 1.807) is 6.26 Å². The molecule has 0 aromatic carbocycles. The first kappa shape index (κ1) is 15.9. The van der Waals surface area contributed by atoms with Gasteiger partial charge in [-0.3, -0.25) is 9.36 Å². The van der Waals surface area contributed by atoms with Crippen LogP contribution in [0.4, 0.5) is 5.95 Å². The molecule has 2 aromatic rings. The lowest BCUT2D eigenvalue weighted by Gasteiger charge is -2.17. The van der Waals surface area contributed by atoms with Crippen molar-refractivity contribution in [1.82, 2.24) is 20.1 Å². The number of furan rings is 1. The highest BCUT2D eigenvalue weighted by molar-refractivity contribution is 7.99. The molecule has 0 atom stereocenters. The number of nitrogens with one attached hydrogen (secondary N) is 1. The highest BCUT2D eigenvalue weighted by atomic mass is 32.2. The van der Waals surface area contributed by atoms with Crippen LogP contribution in [0.5, 0.6) is 0 Å². The molecular weight excluding hydrogens is 314 g/mol. The summed E-state index contributed by atoms with van der Waals surface area (Å²) in [5.41, 5.74) is 0. The molecule has 0 aliphatic carbocycles. The fraction of sp³-hybridized carbons (Fsp3) is 0.533. The van der Waals surface area contributed by atoms with Crippen molar-refractivity contribution >= 4 is 23.6 Å². The number of nitrogens with zero attached hydrogens (tertiary/aromatic N) is 4. The molecule has 2 aromatic heterocycles. The van der Waals surface area contributed by atoms with E-state index in [9.17, 15) is 4.79 Å². The van der Waals surface area contributed by atoms with Gasteiger partial charge >= 0.3 is 0 Å². The number of thioether (sulfide) groups is 1. The molecule has 1 saturated heterocycles. The van der Waals surface area contributed by atoms with E-state index < -0.39 is 0 Å². The summed E-state index contributed by atoms with van der Waals surface area (Å²) < 4.78 is 7.50. The van der Waals surface area contributed by atoms with Crippen LogP contribution >= 0.6 is 11.8 Å². The fourth-order valence-corrected chi connectivity index (χ4v) is 3.38. The molecule has 7 nitrogen and oxygen atoms in total. The van der Waals surface area contributed by atoms with Crippen molar-refractivity contribution in [2.75, 3.05) is 30.3 Å². The van der Waals surface area contributed by atoms with Crippen LogP contribution in [0.25, 0.3) is 0 Å². The molecule has 0 bridgehead atoms. The van der Waals surface area contributed by atoms with Gasteiger partial charge < -0.3 is 14.6 Å². The predicted molar refractivity (Wildman–Crippen MR) is 88.7 cm³/mol. The van der Waals surface area contributed by atoms with Crippen LogP contribution in [0, 0.1) is 0 Å². The van der Waals surface area contributed by atoms with Gasteiger partial charge in [-0.25, -0.2) is 0 Å². The van der Waals surface area contributed by atoms with E-state index in [2.05, 4.69) is 20.4 Å². The van der Waals surface area contributed by atoms with Crippen LogP contribution < -0.4 is 10.2 Å².